The lowest BCUT2D eigenvalue weighted by atomic mass is 10.0. The fraction of sp³-hybridized carbons (Fsp3) is 0.388. The molecule has 6 aromatic rings. The van der Waals surface area contributed by atoms with Gasteiger partial charge in [-0.05, 0) is 0 Å². The largest absolute Gasteiger partial charge is 0.377 e. The summed E-state index contributed by atoms with van der Waals surface area (Å²) < 4.78 is 10.9. The summed E-state index contributed by atoms with van der Waals surface area (Å²) in [4.78, 5) is 175. The van der Waals surface area contributed by atoms with E-state index >= 15 is 0 Å². The quantitative estimate of drug-likeness (QED) is 0.0130. The van der Waals surface area contributed by atoms with Gasteiger partial charge in [-0.25, -0.2) is 29.9 Å². The van der Waals surface area contributed by atoms with Crippen molar-refractivity contribution >= 4 is 59.1 Å². The molecule has 0 spiro atoms. The van der Waals surface area contributed by atoms with Crippen LogP contribution in [-0.2, 0) is 95.9 Å². The molecule has 0 saturated carbocycles. The zero-order chi connectivity index (χ0) is 58.2. The van der Waals surface area contributed by atoms with Crippen LogP contribution < -0.4 is 43.0 Å². The van der Waals surface area contributed by atoms with E-state index in [0.717, 1.165) is 17.1 Å². The van der Waals surface area contributed by atoms with Crippen LogP contribution in [0, 0.1) is 0 Å². The molecule has 15 N–H and O–H groups in total. The Morgan fingerprint density at radius 1 is 0.439 bits per heavy atom. The number of primary amides is 1. The van der Waals surface area contributed by atoms with Gasteiger partial charge < -0.3 is 82.3 Å². The van der Waals surface area contributed by atoms with Crippen LogP contribution in [0.3, 0.4) is 0 Å². The average molecular weight is 1140 g/mol. The van der Waals surface area contributed by atoms with E-state index in [1.165, 1.54) is 75.1 Å². The van der Waals surface area contributed by atoms with Gasteiger partial charge in [-0.2, -0.15) is 0 Å². The lowest BCUT2D eigenvalue weighted by Gasteiger charge is -2.27. The van der Waals surface area contributed by atoms with Crippen LogP contribution in [0.15, 0.2) is 87.3 Å². The third-order valence-corrected chi connectivity index (χ3v) is 12.4. The number of carbonyl (C=O) groups excluding carboxylic acids is 10. The Balaban J connectivity index is 0.994. The first kappa shape index (κ1) is 59.5. The van der Waals surface area contributed by atoms with Gasteiger partial charge in [-0.15, -0.1) is 0 Å². The van der Waals surface area contributed by atoms with Gasteiger partial charge in [0.25, 0.3) is 11.8 Å². The molecule has 33 nitrogen and oxygen atoms in total. The van der Waals surface area contributed by atoms with Crippen LogP contribution in [0.2, 0.25) is 0 Å². The number of nitrogens with two attached hydrogens (primary N) is 1. The normalized spacial score (nSPS) is 14.2. The zero-order valence-electron chi connectivity index (χ0n) is 43.8. The van der Waals surface area contributed by atoms with Gasteiger partial charge in [0.15, 0.2) is 0 Å². The van der Waals surface area contributed by atoms with Gasteiger partial charge in [0.1, 0.15) is 42.9 Å². The van der Waals surface area contributed by atoms with Gasteiger partial charge in [0.2, 0.25) is 47.3 Å². The van der Waals surface area contributed by atoms with E-state index in [0.29, 0.717) is 34.2 Å². The SMILES string of the molecule is NC(=O)C(Cc1cnc[nH]1)NC(=O)C(Cc1cnc[nH]1)NC(=O)C(Cc1cnc[nH]1)NC(=O)C(Cc1cnc[nH]1)NC(=O)C(Cc1cnc[nH]1)NC(=O)C(Cc1cnc[nH]1)NC(=O)COCCOCCNC(=O)CCN1C(=O)C=CC1=O. The number of imidazole rings is 6. The smallest absolute Gasteiger partial charge is 0.253 e. The molecule has 0 saturated heterocycles. The van der Waals surface area contributed by atoms with Crippen LogP contribution in [-0.4, -0.2) is 200 Å². The number of carbonyl (C=O) groups is 10. The Labute approximate surface area is 465 Å². The number of aromatic nitrogens is 12. The van der Waals surface area contributed by atoms with Crippen molar-refractivity contribution in [1.82, 2.24) is 102 Å². The molecule has 6 atom stereocenters. The fourth-order valence-corrected chi connectivity index (χ4v) is 8.16. The topological polar surface area (TPSA) is 475 Å². The fourth-order valence-electron chi connectivity index (χ4n) is 8.16. The lowest BCUT2D eigenvalue weighted by molar-refractivity contribution is -0.137. The second-order valence-corrected chi connectivity index (χ2v) is 18.4. The molecule has 6 aromatic heterocycles. The Bertz CT molecular complexity index is 3040. The van der Waals surface area contributed by atoms with E-state index in [-0.39, 0.29) is 77.9 Å². The molecule has 1 aliphatic rings. The van der Waals surface area contributed by atoms with E-state index < -0.39 is 102 Å². The molecule has 0 aromatic carbocycles. The maximum atomic E-state index is 14.6. The van der Waals surface area contributed by atoms with Gasteiger partial charge >= 0.3 is 0 Å². The number of rotatable bonds is 35. The van der Waals surface area contributed by atoms with Crippen LogP contribution in [0.5, 0.6) is 0 Å². The summed E-state index contributed by atoms with van der Waals surface area (Å²) in [5, 5.41) is 18.6. The monoisotopic (exact) mass is 1140 g/mol. The van der Waals surface area contributed by atoms with E-state index in [4.69, 9.17) is 15.2 Å². The van der Waals surface area contributed by atoms with Crippen molar-refractivity contribution < 1.29 is 57.4 Å². The number of H-pyrrole nitrogens is 6. The number of nitrogens with zero attached hydrogens (tertiary/aromatic N) is 7. The van der Waals surface area contributed by atoms with Gasteiger partial charge in [-0.3, -0.25) is 52.8 Å². The predicted molar refractivity (Wildman–Crippen MR) is 280 cm³/mol. The number of amides is 10. The van der Waals surface area contributed by atoms with Crippen LogP contribution >= 0.6 is 0 Å². The van der Waals surface area contributed by atoms with Crippen molar-refractivity contribution in [2.24, 2.45) is 5.73 Å². The predicted octanol–water partition coefficient (Wildman–Crippen LogP) is -5.36. The highest BCUT2D eigenvalue weighted by molar-refractivity contribution is 6.13. The van der Waals surface area contributed by atoms with Crippen molar-refractivity contribution in [2.45, 2.75) is 81.2 Å². The Morgan fingerprint density at radius 3 is 1.09 bits per heavy atom. The summed E-state index contributed by atoms with van der Waals surface area (Å²) in [5.74, 6) is -7.12. The molecule has 7 heterocycles. The third kappa shape index (κ3) is 18.7. The highest BCUT2D eigenvalue weighted by Crippen LogP contribution is 2.10. The minimum atomic E-state index is -1.46. The van der Waals surface area contributed by atoms with Crippen molar-refractivity contribution in [3.8, 4) is 0 Å². The molecule has 33 heteroatoms. The number of aromatic amines is 6. The van der Waals surface area contributed by atoms with Gasteiger partial charge in [0, 0.05) is 142 Å². The number of imide groups is 1. The van der Waals surface area contributed by atoms with Crippen LogP contribution in [0.25, 0.3) is 0 Å². The Kier molecular flexibility index (Phi) is 21.9. The highest BCUT2D eigenvalue weighted by atomic mass is 16.5. The van der Waals surface area contributed by atoms with Crippen molar-refractivity contribution in [3.05, 3.63) is 121 Å². The van der Waals surface area contributed by atoms with E-state index in [2.05, 4.69) is 97.0 Å². The summed E-state index contributed by atoms with van der Waals surface area (Å²) in [6.07, 6.45) is 18.2. The second kappa shape index (κ2) is 30.3. The van der Waals surface area contributed by atoms with Crippen molar-refractivity contribution in [2.75, 3.05) is 39.5 Å². The Morgan fingerprint density at radius 2 is 0.756 bits per heavy atom. The third-order valence-electron chi connectivity index (χ3n) is 12.4. The number of hydrogen-bond acceptors (Lipinski definition) is 18. The van der Waals surface area contributed by atoms with E-state index in [9.17, 15) is 47.9 Å². The first-order valence-electron chi connectivity index (χ1n) is 25.6. The minimum absolute atomic E-state index is 0.0335. The minimum Gasteiger partial charge on any atom is -0.377 e. The molecule has 0 fully saturated rings. The van der Waals surface area contributed by atoms with Crippen LogP contribution in [0.4, 0.5) is 0 Å². The number of hydrogen-bond donors (Lipinski definition) is 14. The number of ether oxygens (including phenoxy) is 2. The van der Waals surface area contributed by atoms with Crippen molar-refractivity contribution in [3.63, 3.8) is 0 Å². The maximum absolute atomic E-state index is 14.6. The Hall–Kier alpha value is -10.2. The molecular weight excluding hydrogens is 1070 g/mol. The summed E-state index contributed by atoms with van der Waals surface area (Å²) >= 11 is 0. The van der Waals surface area contributed by atoms with Gasteiger partial charge in [0.05, 0.1) is 57.8 Å². The molecule has 1 aliphatic heterocycles. The average Bonchev–Trinajstić information content (AvgIpc) is 4.41. The summed E-state index contributed by atoms with van der Waals surface area (Å²) in [7, 11) is 0. The molecular formula is C49H61N21O12. The molecule has 0 aliphatic carbocycles. The van der Waals surface area contributed by atoms with Crippen molar-refractivity contribution in [1.29, 1.82) is 0 Å². The molecule has 10 amide bonds. The molecule has 434 valence electrons. The lowest BCUT2D eigenvalue weighted by Crippen LogP contribution is -2.61. The molecule has 0 bridgehead atoms. The number of nitrogens with one attached hydrogen (secondary N) is 13. The maximum Gasteiger partial charge on any atom is 0.253 e. The first-order valence-corrected chi connectivity index (χ1v) is 25.6. The molecule has 0 radical (unpaired) electrons. The summed E-state index contributed by atoms with van der Waals surface area (Å²) in [5.41, 5.74) is 8.24. The van der Waals surface area contributed by atoms with E-state index in [1.54, 1.807) is 0 Å². The van der Waals surface area contributed by atoms with Gasteiger partial charge in [-0.1, -0.05) is 0 Å². The summed E-state index contributed by atoms with van der Waals surface area (Å²) in [6.45, 7) is -0.356. The van der Waals surface area contributed by atoms with Crippen LogP contribution in [0.1, 0.15) is 40.6 Å². The highest BCUT2D eigenvalue weighted by Gasteiger charge is 2.35. The zero-order valence-corrected chi connectivity index (χ0v) is 43.8. The second-order valence-electron chi connectivity index (χ2n) is 18.4. The molecule has 82 heavy (non-hydrogen) atoms. The standard InChI is InChI=1S/C49H61N21O12/c50-44(75)34(9-28-15-51-22-58-28)65-46(77)36(11-30-17-53-24-60-30)67-48(79)38(13-32-19-55-26-62-32)69-49(80)39(14-33-20-56-27-63-33)68-47(78)37(12-31-18-54-25-61-31)66-45(76)35(10-29-16-52-23-59-29)64-41(72)21-82-8-7-81-6-4-57-40(71)3-5-70-42(73)1-2-43(70)74/h1-2,15-20,22-27,34-39H,3-14,21H2,(H2,50,75)(H,51,58)(H,52,59)(H,53,60)(H,54,61)(H,55,62)(H,56,63)(H,57,71)(H,64,72)(H,65,77)(H,66,76)(H,67,79)(H,68,78)(H,69,80). The summed E-state index contributed by atoms with van der Waals surface area (Å²) in [6, 6.07) is -8.22. The molecule has 7 rings (SSSR count). The van der Waals surface area contributed by atoms with E-state index in [1.807, 2.05) is 0 Å². The molecule has 6 unspecified atom stereocenters. The first-order chi connectivity index (χ1) is 39.7.